The van der Waals surface area contributed by atoms with Crippen LogP contribution in [0, 0.1) is 0 Å². The van der Waals surface area contributed by atoms with Crippen LogP contribution in [0.1, 0.15) is 28.8 Å². The van der Waals surface area contributed by atoms with Gasteiger partial charge in [-0.05, 0) is 55.3 Å². The van der Waals surface area contributed by atoms with Gasteiger partial charge in [-0.15, -0.1) is 10.2 Å². The van der Waals surface area contributed by atoms with Gasteiger partial charge in [0.1, 0.15) is 0 Å². The molecule has 0 aliphatic heterocycles. The van der Waals surface area contributed by atoms with Gasteiger partial charge in [-0.25, -0.2) is 8.42 Å². The highest BCUT2D eigenvalue weighted by Gasteiger charge is 2.41. The minimum atomic E-state index is -4.86. The Bertz CT molecular complexity index is 1180. The molecule has 170 valence electrons. The SMILES string of the molecule is O=C(CN(C1CC1)S(=O)(=O)c1ccc(Cl)c(C(F)(F)F)c1)N=NC(=O)c1ccc(Cl)cc1. The second kappa shape index (κ2) is 9.26. The number of azo groups is 1. The molecule has 32 heavy (non-hydrogen) atoms. The fourth-order valence-corrected chi connectivity index (χ4v) is 4.72. The lowest BCUT2D eigenvalue weighted by molar-refractivity contribution is -0.137. The van der Waals surface area contributed by atoms with Crippen molar-refractivity contribution in [2.24, 2.45) is 10.2 Å². The predicted octanol–water partition coefficient (Wildman–Crippen LogP) is 4.98. The van der Waals surface area contributed by atoms with E-state index in [1.54, 1.807) is 0 Å². The minimum Gasteiger partial charge on any atom is -0.269 e. The maximum atomic E-state index is 13.1. The number of sulfonamides is 1. The van der Waals surface area contributed by atoms with Crippen molar-refractivity contribution in [1.29, 1.82) is 0 Å². The Kier molecular flexibility index (Phi) is 7.03. The average Bonchev–Trinajstić information content (AvgIpc) is 3.55. The van der Waals surface area contributed by atoms with Gasteiger partial charge in [-0.2, -0.15) is 17.5 Å². The fraction of sp³-hybridized carbons (Fsp3) is 0.263. The average molecular weight is 508 g/mol. The summed E-state index contributed by atoms with van der Waals surface area (Å²) in [4.78, 5) is 23.5. The monoisotopic (exact) mass is 507 g/mol. The maximum absolute atomic E-state index is 13.1. The van der Waals surface area contributed by atoms with Crippen molar-refractivity contribution in [2.75, 3.05) is 6.54 Å². The van der Waals surface area contributed by atoms with Gasteiger partial charge in [0, 0.05) is 16.6 Å². The minimum absolute atomic E-state index is 0.110. The van der Waals surface area contributed by atoms with Crippen molar-refractivity contribution in [3.63, 3.8) is 0 Å². The summed E-state index contributed by atoms with van der Waals surface area (Å²) in [6.45, 7) is -0.783. The Hall–Kier alpha value is -2.34. The van der Waals surface area contributed by atoms with Crippen molar-refractivity contribution < 1.29 is 31.2 Å². The molecule has 0 bridgehead atoms. The number of carbonyl (C=O) groups is 2. The molecular formula is C19H14Cl2F3N3O4S. The highest BCUT2D eigenvalue weighted by Crippen LogP contribution is 2.38. The van der Waals surface area contributed by atoms with Crippen LogP contribution in [0.5, 0.6) is 0 Å². The van der Waals surface area contributed by atoms with Crippen LogP contribution in [0.15, 0.2) is 57.6 Å². The molecule has 13 heteroatoms. The van der Waals surface area contributed by atoms with Crippen molar-refractivity contribution in [1.82, 2.24) is 4.31 Å². The van der Waals surface area contributed by atoms with Crippen LogP contribution in [-0.4, -0.2) is 37.1 Å². The highest BCUT2D eigenvalue weighted by atomic mass is 35.5. The number of rotatable bonds is 6. The van der Waals surface area contributed by atoms with Crippen LogP contribution < -0.4 is 0 Å². The van der Waals surface area contributed by atoms with Gasteiger partial charge in [-0.1, -0.05) is 23.2 Å². The van der Waals surface area contributed by atoms with Crippen LogP contribution in [0.3, 0.4) is 0 Å². The van der Waals surface area contributed by atoms with Gasteiger partial charge in [0.15, 0.2) is 0 Å². The first-order valence-corrected chi connectivity index (χ1v) is 11.2. The van der Waals surface area contributed by atoms with Gasteiger partial charge < -0.3 is 0 Å². The van der Waals surface area contributed by atoms with Crippen molar-refractivity contribution >= 4 is 45.0 Å². The number of amides is 2. The first kappa shape index (κ1) is 24.3. The van der Waals surface area contributed by atoms with E-state index in [1.165, 1.54) is 24.3 Å². The predicted molar refractivity (Wildman–Crippen MR) is 109 cm³/mol. The van der Waals surface area contributed by atoms with E-state index in [9.17, 15) is 31.2 Å². The number of hydrogen-bond acceptors (Lipinski definition) is 4. The molecule has 2 aromatic rings. The molecule has 0 spiro atoms. The van der Waals surface area contributed by atoms with E-state index in [0.717, 1.165) is 16.4 Å². The Morgan fingerprint density at radius 2 is 1.66 bits per heavy atom. The molecule has 1 aliphatic rings. The molecular weight excluding hydrogens is 494 g/mol. The molecule has 1 aliphatic carbocycles. The molecule has 0 heterocycles. The molecule has 0 unspecified atom stereocenters. The normalized spacial score (nSPS) is 14.8. The van der Waals surface area contributed by atoms with Crippen molar-refractivity contribution in [3.05, 3.63) is 63.6 Å². The van der Waals surface area contributed by atoms with Gasteiger partial charge in [0.2, 0.25) is 10.0 Å². The third-order valence-electron chi connectivity index (χ3n) is 4.44. The van der Waals surface area contributed by atoms with Crippen LogP contribution in [0.4, 0.5) is 13.2 Å². The number of hydrogen-bond donors (Lipinski definition) is 0. The van der Waals surface area contributed by atoms with E-state index < -0.39 is 56.1 Å². The zero-order valence-electron chi connectivity index (χ0n) is 16.0. The first-order chi connectivity index (χ1) is 14.9. The number of benzene rings is 2. The lowest BCUT2D eigenvalue weighted by atomic mass is 10.2. The summed E-state index contributed by atoms with van der Waals surface area (Å²) in [6, 6.07) is 7.22. The molecule has 0 saturated heterocycles. The second-order valence-corrected chi connectivity index (χ2v) is 9.56. The van der Waals surface area contributed by atoms with Gasteiger partial charge in [0.25, 0.3) is 11.8 Å². The van der Waals surface area contributed by atoms with Crippen molar-refractivity contribution in [2.45, 2.75) is 30.0 Å². The molecule has 1 fully saturated rings. The molecule has 0 atom stereocenters. The summed E-state index contributed by atoms with van der Waals surface area (Å²) in [5.74, 6) is -1.89. The molecule has 7 nitrogen and oxygen atoms in total. The summed E-state index contributed by atoms with van der Waals surface area (Å²) < 4.78 is 66.0. The molecule has 2 aromatic carbocycles. The second-order valence-electron chi connectivity index (χ2n) is 6.83. The van der Waals surface area contributed by atoms with E-state index in [-0.39, 0.29) is 5.56 Å². The molecule has 2 amide bonds. The number of halogens is 5. The van der Waals surface area contributed by atoms with Crippen molar-refractivity contribution in [3.8, 4) is 0 Å². The summed E-state index contributed by atoms with van der Waals surface area (Å²) in [6.07, 6.45) is -4.01. The van der Waals surface area contributed by atoms with Gasteiger partial charge >= 0.3 is 6.18 Å². The van der Waals surface area contributed by atoms with Crippen LogP contribution in [0.25, 0.3) is 0 Å². The Morgan fingerprint density at radius 3 is 2.22 bits per heavy atom. The number of carbonyl (C=O) groups excluding carboxylic acids is 2. The Labute approximate surface area is 190 Å². The van der Waals surface area contributed by atoms with E-state index in [1.807, 2.05) is 0 Å². The summed E-state index contributed by atoms with van der Waals surface area (Å²) in [5.41, 5.74) is -1.20. The summed E-state index contributed by atoms with van der Waals surface area (Å²) >= 11 is 11.3. The lowest BCUT2D eigenvalue weighted by Crippen LogP contribution is -2.37. The number of alkyl halides is 3. The van der Waals surface area contributed by atoms with Crippen LogP contribution in [-0.2, 0) is 21.0 Å². The van der Waals surface area contributed by atoms with E-state index in [4.69, 9.17) is 23.2 Å². The zero-order chi connectivity index (χ0) is 23.7. The Morgan fingerprint density at radius 1 is 1.03 bits per heavy atom. The molecule has 0 N–H and O–H groups in total. The summed E-state index contributed by atoms with van der Waals surface area (Å²) in [5, 5.41) is 6.25. The smallest absolute Gasteiger partial charge is 0.269 e. The molecule has 0 radical (unpaired) electrons. The van der Waals surface area contributed by atoms with Gasteiger partial charge in [0.05, 0.1) is 22.0 Å². The lowest BCUT2D eigenvalue weighted by Gasteiger charge is -2.21. The molecule has 1 saturated carbocycles. The highest BCUT2D eigenvalue weighted by molar-refractivity contribution is 7.89. The van der Waals surface area contributed by atoms with Crippen LogP contribution in [0.2, 0.25) is 10.0 Å². The third-order valence-corrected chi connectivity index (χ3v) is 6.91. The largest absolute Gasteiger partial charge is 0.417 e. The summed E-state index contributed by atoms with van der Waals surface area (Å²) in [7, 11) is -4.48. The van der Waals surface area contributed by atoms with Crippen LogP contribution >= 0.6 is 23.2 Å². The molecule has 3 rings (SSSR count). The third kappa shape index (κ3) is 5.71. The topological polar surface area (TPSA) is 96.2 Å². The zero-order valence-corrected chi connectivity index (χ0v) is 18.3. The fourth-order valence-electron chi connectivity index (χ4n) is 2.71. The van der Waals surface area contributed by atoms with E-state index >= 15 is 0 Å². The first-order valence-electron chi connectivity index (χ1n) is 9.02. The molecule has 0 aromatic heterocycles. The van der Waals surface area contributed by atoms with E-state index in [0.29, 0.717) is 23.9 Å². The quantitative estimate of drug-likeness (QED) is 0.514. The van der Waals surface area contributed by atoms with E-state index in [2.05, 4.69) is 10.2 Å². The van der Waals surface area contributed by atoms with Gasteiger partial charge in [-0.3, -0.25) is 9.59 Å². The standard InChI is InChI=1S/C19H14Cl2F3N3O4S/c20-12-3-1-11(2-4-12)18(29)26-25-17(28)10-27(13-5-6-13)32(30,31)14-7-8-16(21)15(9-14)19(22,23)24/h1-4,7-9,13H,5-6,10H2. The number of nitrogens with zero attached hydrogens (tertiary/aromatic N) is 3. The Balaban J connectivity index is 1.80. The maximum Gasteiger partial charge on any atom is 0.417 e.